The summed E-state index contributed by atoms with van der Waals surface area (Å²) in [6.45, 7) is 7.32. The van der Waals surface area contributed by atoms with Crippen LogP contribution in [-0.4, -0.2) is 53.5 Å². The van der Waals surface area contributed by atoms with E-state index >= 15 is 0 Å². The Kier molecular flexibility index (Phi) is 8.99. The van der Waals surface area contributed by atoms with Crippen LogP contribution in [0.3, 0.4) is 0 Å². The maximum atomic E-state index is 5.37. The maximum absolute atomic E-state index is 5.37. The van der Waals surface area contributed by atoms with Gasteiger partial charge in [0.25, 0.3) is 0 Å². The standard InChI is InChI=1S/C20H31N7O.HI/c1-5-21-20(22-13-19-25-24-15(2)26(19)3)23-16-8-7-11-27(14-16)17-9-6-10-18(12-17)28-4;/h6,9-10,12,16H,5,7-8,11,13-14H2,1-4H3,(H2,21,22,23);1H. The predicted octanol–water partition coefficient (Wildman–Crippen LogP) is 2.47. The van der Waals surface area contributed by atoms with Gasteiger partial charge in [-0.25, -0.2) is 4.99 Å². The number of ether oxygens (including phenoxy) is 1. The van der Waals surface area contributed by atoms with Crippen molar-refractivity contribution in [3.63, 3.8) is 0 Å². The van der Waals surface area contributed by atoms with E-state index in [0.29, 0.717) is 12.6 Å². The monoisotopic (exact) mass is 513 g/mol. The molecule has 2 N–H and O–H groups in total. The van der Waals surface area contributed by atoms with Gasteiger partial charge in [0, 0.05) is 44.5 Å². The first kappa shape index (κ1) is 23.2. The molecule has 1 atom stereocenters. The van der Waals surface area contributed by atoms with Crippen LogP contribution in [0.5, 0.6) is 5.75 Å². The lowest BCUT2D eigenvalue weighted by molar-refractivity contribution is 0.414. The topological polar surface area (TPSA) is 79.6 Å². The maximum Gasteiger partial charge on any atom is 0.191 e. The summed E-state index contributed by atoms with van der Waals surface area (Å²) in [5, 5.41) is 15.2. The third-order valence-corrected chi connectivity index (χ3v) is 5.09. The highest BCUT2D eigenvalue weighted by molar-refractivity contribution is 14.0. The number of aliphatic imine (C=N–C) groups is 1. The van der Waals surface area contributed by atoms with Crippen molar-refractivity contribution in [1.29, 1.82) is 0 Å². The van der Waals surface area contributed by atoms with Crippen molar-refractivity contribution >= 4 is 35.6 Å². The minimum atomic E-state index is 0. The molecule has 0 saturated carbocycles. The van der Waals surface area contributed by atoms with E-state index in [4.69, 9.17) is 9.73 Å². The zero-order valence-corrected chi connectivity index (χ0v) is 20.0. The minimum Gasteiger partial charge on any atom is -0.497 e. The SMILES string of the molecule is CCNC(=NCc1nnc(C)n1C)NC1CCCN(c2cccc(OC)c2)C1.I. The lowest BCUT2D eigenvalue weighted by atomic mass is 10.0. The molecule has 1 unspecified atom stereocenters. The fourth-order valence-corrected chi connectivity index (χ4v) is 3.39. The van der Waals surface area contributed by atoms with Gasteiger partial charge < -0.3 is 24.8 Å². The highest BCUT2D eigenvalue weighted by Crippen LogP contribution is 2.24. The van der Waals surface area contributed by atoms with Gasteiger partial charge in [0.05, 0.1) is 7.11 Å². The number of halogens is 1. The first-order valence-corrected chi connectivity index (χ1v) is 9.89. The Morgan fingerprint density at radius 3 is 2.86 bits per heavy atom. The van der Waals surface area contributed by atoms with Gasteiger partial charge >= 0.3 is 0 Å². The Morgan fingerprint density at radius 1 is 1.34 bits per heavy atom. The molecule has 9 heteroatoms. The second-order valence-electron chi connectivity index (χ2n) is 7.05. The molecule has 1 aliphatic rings. The number of aromatic nitrogens is 3. The molecule has 29 heavy (non-hydrogen) atoms. The number of piperidine rings is 1. The molecule has 0 bridgehead atoms. The number of guanidine groups is 1. The van der Waals surface area contributed by atoms with Crippen LogP contribution in [0.4, 0.5) is 5.69 Å². The number of anilines is 1. The van der Waals surface area contributed by atoms with E-state index in [1.807, 2.05) is 30.7 Å². The summed E-state index contributed by atoms with van der Waals surface area (Å²) < 4.78 is 7.34. The predicted molar refractivity (Wildman–Crippen MR) is 127 cm³/mol. The smallest absolute Gasteiger partial charge is 0.191 e. The lowest BCUT2D eigenvalue weighted by Crippen LogP contribution is -2.51. The quantitative estimate of drug-likeness (QED) is 0.351. The van der Waals surface area contributed by atoms with Crippen molar-refractivity contribution in [3.8, 4) is 5.75 Å². The van der Waals surface area contributed by atoms with E-state index in [1.54, 1.807) is 7.11 Å². The van der Waals surface area contributed by atoms with Gasteiger partial charge in [-0.15, -0.1) is 34.2 Å². The van der Waals surface area contributed by atoms with Crippen molar-refractivity contribution in [3.05, 3.63) is 35.9 Å². The first-order valence-electron chi connectivity index (χ1n) is 9.89. The zero-order chi connectivity index (χ0) is 19.9. The van der Waals surface area contributed by atoms with Gasteiger partial charge in [-0.3, -0.25) is 0 Å². The van der Waals surface area contributed by atoms with Crippen LogP contribution in [0.25, 0.3) is 0 Å². The molecular weight excluding hydrogens is 481 g/mol. The van der Waals surface area contributed by atoms with Crippen molar-refractivity contribution in [1.82, 2.24) is 25.4 Å². The summed E-state index contributed by atoms with van der Waals surface area (Å²) in [6, 6.07) is 8.59. The molecule has 1 aromatic heterocycles. The van der Waals surface area contributed by atoms with Gasteiger partial charge in [0.2, 0.25) is 0 Å². The van der Waals surface area contributed by atoms with Crippen LogP contribution in [0, 0.1) is 6.92 Å². The minimum absolute atomic E-state index is 0. The molecular formula is C20H32IN7O. The van der Waals surface area contributed by atoms with Crippen molar-refractivity contribution in [2.24, 2.45) is 12.0 Å². The Hall–Kier alpha value is -2.04. The van der Waals surface area contributed by atoms with E-state index < -0.39 is 0 Å². The largest absolute Gasteiger partial charge is 0.497 e. The van der Waals surface area contributed by atoms with Crippen molar-refractivity contribution in [2.45, 2.75) is 39.3 Å². The molecule has 1 aromatic carbocycles. The number of methoxy groups -OCH3 is 1. The Morgan fingerprint density at radius 2 is 2.17 bits per heavy atom. The van der Waals surface area contributed by atoms with Crippen LogP contribution in [0.2, 0.25) is 0 Å². The molecule has 1 fully saturated rings. The first-order chi connectivity index (χ1) is 13.6. The molecule has 8 nitrogen and oxygen atoms in total. The summed E-state index contributed by atoms with van der Waals surface area (Å²) in [7, 11) is 3.67. The number of hydrogen-bond donors (Lipinski definition) is 2. The molecule has 0 radical (unpaired) electrons. The molecule has 2 aromatic rings. The Bertz CT molecular complexity index is 808. The van der Waals surface area contributed by atoms with Crippen molar-refractivity contribution in [2.75, 3.05) is 31.6 Å². The summed E-state index contributed by atoms with van der Waals surface area (Å²) in [5.41, 5.74) is 1.20. The highest BCUT2D eigenvalue weighted by atomic mass is 127. The van der Waals surface area contributed by atoms with Crippen LogP contribution >= 0.6 is 24.0 Å². The average molecular weight is 513 g/mol. The second kappa shape index (κ2) is 11.2. The molecule has 1 aliphatic heterocycles. The number of nitrogens with zero attached hydrogens (tertiary/aromatic N) is 5. The number of aryl methyl sites for hydroxylation is 1. The zero-order valence-electron chi connectivity index (χ0n) is 17.7. The van der Waals surface area contributed by atoms with Crippen LogP contribution in [-0.2, 0) is 13.6 Å². The van der Waals surface area contributed by atoms with E-state index in [-0.39, 0.29) is 24.0 Å². The fourth-order valence-electron chi connectivity index (χ4n) is 3.39. The number of benzene rings is 1. The van der Waals surface area contributed by atoms with Crippen molar-refractivity contribution < 1.29 is 4.74 Å². The number of nitrogens with one attached hydrogen (secondary N) is 2. The van der Waals surface area contributed by atoms with E-state index in [2.05, 4.69) is 44.8 Å². The van der Waals surface area contributed by atoms with E-state index in [1.165, 1.54) is 5.69 Å². The number of hydrogen-bond acceptors (Lipinski definition) is 5. The van der Waals surface area contributed by atoms with Crippen LogP contribution < -0.4 is 20.3 Å². The summed E-state index contributed by atoms with van der Waals surface area (Å²) >= 11 is 0. The lowest BCUT2D eigenvalue weighted by Gasteiger charge is -2.35. The van der Waals surface area contributed by atoms with E-state index in [9.17, 15) is 0 Å². The average Bonchev–Trinajstić information content (AvgIpc) is 3.04. The molecule has 2 heterocycles. The molecule has 0 amide bonds. The molecule has 160 valence electrons. The van der Waals surface area contributed by atoms with E-state index in [0.717, 1.165) is 55.8 Å². The van der Waals surface area contributed by atoms with Gasteiger partial charge in [0.15, 0.2) is 11.8 Å². The van der Waals surface area contributed by atoms with Crippen LogP contribution in [0.1, 0.15) is 31.4 Å². The van der Waals surface area contributed by atoms with Crippen LogP contribution in [0.15, 0.2) is 29.3 Å². The van der Waals surface area contributed by atoms with Gasteiger partial charge in [0.1, 0.15) is 18.1 Å². The number of rotatable bonds is 6. The van der Waals surface area contributed by atoms with Gasteiger partial charge in [-0.1, -0.05) is 6.07 Å². The molecule has 0 aliphatic carbocycles. The fraction of sp³-hybridized carbons (Fsp3) is 0.550. The molecule has 0 spiro atoms. The third-order valence-electron chi connectivity index (χ3n) is 5.09. The van der Waals surface area contributed by atoms with Gasteiger partial charge in [-0.05, 0) is 38.8 Å². The normalized spacial score (nSPS) is 16.9. The summed E-state index contributed by atoms with van der Waals surface area (Å²) in [4.78, 5) is 7.11. The molecule has 1 saturated heterocycles. The third kappa shape index (κ3) is 6.22. The Labute approximate surface area is 190 Å². The van der Waals surface area contributed by atoms with Gasteiger partial charge in [-0.2, -0.15) is 0 Å². The Balaban J connectivity index is 0.00000300. The summed E-state index contributed by atoms with van der Waals surface area (Å²) in [5.74, 6) is 3.46. The highest BCUT2D eigenvalue weighted by Gasteiger charge is 2.21. The summed E-state index contributed by atoms with van der Waals surface area (Å²) in [6.07, 6.45) is 2.25. The molecule has 3 rings (SSSR count). The second-order valence-corrected chi connectivity index (χ2v) is 7.05.